The molecule has 0 amide bonds. The highest BCUT2D eigenvalue weighted by Gasteiger charge is 2.16. The summed E-state index contributed by atoms with van der Waals surface area (Å²) in [6, 6.07) is 12.7. The van der Waals surface area contributed by atoms with E-state index in [1.54, 1.807) is 18.2 Å². The van der Waals surface area contributed by atoms with Crippen molar-refractivity contribution in [3.05, 3.63) is 48.0 Å². The van der Waals surface area contributed by atoms with E-state index in [1.165, 1.54) is 11.8 Å². The third kappa shape index (κ3) is 2.72. The van der Waals surface area contributed by atoms with E-state index in [4.69, 9.17) is 15.2 Å². The first-order chi connectivity index (χ1) is 9.72. The van der Waals surface area contributed by atoms with Crippen molar-refractivity contribution in [3.63, 3.8) is 0 Å². The maximum atomic E-state index is 12.1. The van der Waals surface area contributed by atoms with Crippen LogP contribution in [0.2, 0.25) is 0 Å². The molecule has 20 heavy (non-hydrogen) atoms. The van der Waals surface area contributed by atoms with E-state index in [0.717, 1.165) is 10.6 Å². The second-order valence-corrected chi connectivity index (χ2v) is 5.40. The number of ether oxygens (including phenoxy) is 2. The Labute approximate surface area is 120 Å². The van der Waals surface area contributed by atoms with Gasteiger partial charge in [-0.05, 0) is 42.5 Å². The van der Waals surface area contributed by atoms with E-state index in [9.17, 15) is 4.79 Å². The van der Waals surface area contributed by atoms with E-state index in [2.05, 4.69) is 0 Å². The number of fused-ring (bicyclic) bond motifs is 1. The summed E-state index contributed by atoms with van der Waals surface area (Å²) in [4.78, 5) is 13.2. The lowest BCUT2D eigenvalue weighted by atomic mass is 10.1. The lowest BCUT2D eigenvalue weighted by molar-refractivity contribution is 0.102. The van der Waals surface area contributed by atoms with Crippen LogP contribution in [-0.4, -0.2) is 18.3 Å². The summed E-state index contributed by atoms with van der Waals surface area (Å²) >= 11 is 1.49. The Morgan fingerprint density at radius 2 is 1.85 bits per heavy atom. The maximum absolute atomic E-state index is 12.1. The largest absolute Gasteiger partial charge is 0.454 e. The van der Waals surface area contributed by atoms with E-state index < -0.39 is 0 Å². The Morgan fingerprint density at radius 1 is 1.10 bits per heavy atom. The number of thioether (sulfide) groups is 1. The van der Waals surface area contributed by atoms with Crippen LogP contribution in [0.3, 0.4) is 0 Å². The average Bonchev–Trinajstić information content (AvgIpc) is 2.93. The van der Waals surface area contributed by atoms with Gasteiger partial charge in [-0.25, -0.2) is 0 Å². The van der Waals surface area contributed by atoms with Gasteiger partial charge >= 0.3 is 0 Å². The van der Waals surface area contributed by atoms with Crippen molar-refractivity contribution in [3.8, 4) is 11.5 Å². The number of nitrogens with two attached hydrogens (primary N) is 1. The molecule has 2 N–H and O–H groups in total. The monoisotopic (exact) mass is 287 g/mol. The molecule has 1 aliphatic rings. The third-order valence-electron chi connectivity index (χ3n) is 2.94. The van der Waals surface area contributed by atoms with Gasteiger partial charge in [0.1, 0.15) is 0 Å². The van der Waals surface area contributed by atoms with Crippen LogP contribution in [0, 0.1) is 0 Å². The van der Waals surface area contributed by atoms with Crippen LogP contribution in [0.15, 0.2) is 47.4 Å². The smallest absolute Gasteiger partial charge is 0.231 e. The van der Waals surface area contributed by atoms with Gasteiger partial charge in [-0.15, -0.1) is 11.8 Å². The minimum absolute atomic E-state index is 0.0603. The molecule has 1 aliphatic heterocycles. The van der Waals surface area contributed by atoms with Crippen LogP contribution in [-0.2, 0) is 0 Å². The minimum Gasteiger partial charge on any atom is -0.454 e. The molecule has 0 spiro atoms. The number of Topliss-reactive ketones (excluding diaryl/α,β-unsaturated/α-hetero) is 1. The maximum Gasteiger partial charge on any atom is 0.231 e. The predicted molar refractivity (Wildman–Crippen MR) is 78.5 cm³/mol. The van der Waals surface area contributed by atoms with Crippen molar-refractivity contribution >= 4 is 23.2 Å². The first kappa shape index (κ1) is 12.9. The molecule has 3 rings (SSSR count). The number of benzene rings is 2. The first-order valence-electron chi connectivity index (χ1n) is 6.13. The van der Waals surface area contributed by atoms with Gasteiger partial charge in [-0.3, -0.25) is 4.79 Å². The van der Waals surface area contributed by atoms with Crippen LogP contribution in [0.5, 0.6) is 11.5 Å². The molecule has 4 nitrogen and oxygen atoms in total. The van der Waals surface area contributed by atoms with Gasteiger partial charge in [-0.1, -0.05) is 0 Å². The summed E-state index contributed by atoms with van der Waals surface area (Å²) in [7, 11) is 0. The Bertz CT molecular complexity index is 640. The van der Waals surface area contributed by atoms with Gasteiger partial charge in [0.15, 0.2) is 17.3 Å². The predicted octanol–water partition coefficient (Wildman–Crippen LogP) is 2.97. The molecule has 5 heteroatoms. The molecule has 0 aromatic heterocycles. The molecule has 0 bridgehead atoms. The van der Waals surface area contributed by atoms with E-state index >= 15 is 0 Å². The summed E-state index contributed by atoms with van der Waals surface area (Å²) in [5.74, 6) is 1.76. The Morgan fingerprint density at radius 3 is 2.65 bits per heavy atom. The van der Waals surface area contributed by atoms with Crippen molar-refractivity contribution < 1.29 is 14.3 Å². The van der Waals surface area contributed by atoms with Crippen LogP contribution in [0.4, 0.5) is 5.69 Å². The summed E-state index contributed by atoms with van der Waals surface area (Å²) in [5, 5.41) is 0. The fraction of sp³-hybridized carbons (Fsp3) is 0.133. The fourth-order valence-corrected chi connectivity index (χ4v) is 2.66. The number of anilines is 1. The highest BCUT2D eigenvalue weighted by atomic mass is 32.2. The molecule has 0 fully saturated rings. The molecular formula is C15H13NO3S. The molecule has 2 aromatic rings. The first-order valence-corrected chi connectivity index (χ1v) is 7.12. The zero-order chi connectivity index (χ0) is 13.9. The van der Waals surface area contributed by atoms with Gasteiger partial charge < -0.3 is 15.2 Å². The number of hydrogen-bond donors (Lipinski definition) is 1. The van der Waals surface area contributed by atoms with Crippen molar-refractivity contribution in [2.45, 2.75) is 4.90 Å². The van der Waals surface area contributed by atoms with Gasteiger partial charge in [0.2, 0.25) is 6.79 Å². The Hall–Kier alpha value is -2.14. The molecule has 102 valence electrons. The number of carbonyl (C=O) groups is 1. The van der Waals surface area contributed by atoms with Crippen molar-refractivity contribution in [2.75, 3.05) is 18.3 Å². The van der Waals surface area contributed by atoms with E-state index in [0.29, 0.717) is 22.8 Å². The lowest BCUT2D eigenvalue weighted by Crippen LogP contribution is -2.02. The molecule has 0 saturated carbocycles. The van der Waals surface area contributed by atoms with Crippen molar-refractivity contribution in [1.82, 2.24) is 0 Å². The number of ketones is 1. The lowest BCUT2D eigenvalue weighted by Gasteiger charge is -2.03. The molecule has 0 saturated heterocycles. The number of hydrogen-bond acceptors (Lipinski definition) is 5. The molecule has 2 aromatic carbocycles. The quantitative estimate of drug-likeness (QED) is 0.532. The number of carbonyl (C=O) groups excluding carboxylic acids is 1. The zero-order valence-electron chi connectivity index (χ0n) is 10.7. The summed E-state index contributed by atoms with van der Waals surface area (Å²) in [6.45, 7) is 0.215. The van der Waals surface area contributed by atoms with E-state index in [1.807, 2.05) is 24.3 Å². The Balaban J connectivity index is 1.66. The van der Waals surface area contributed by atoms with Gasteiger partial charge in [-0.2, -0.15) is 0 Å². The van der Waals surface area contributed by atoms with Crippen LogP contribution >= 0.6 is 11.8 Å². The van der Waals surface area contributed by atoms with Gasteiger partial charge in [0.25, 0.3) is 0 Å². The van der Waals surface area contributed by atoms with Gasteiger partial charge in [0.05, 0.1) is 5.75 Å². The van der Waals surface area contributed by atoms with Gasteiger partial charge in [0, 0.05) is 16.1 Å². The molecule has 0 aliphatic carbocycles. The number of nitrogen functional groups attached to an aromatic ring is 1. The SMILES string of the molecule is Nc1ccc(SCC(=O)c2ccc3c(c2)OCO3)cc1. The molecule has 1 heterocycles. The summed E-state index contributed by atoms with van der Waals surface area (Å²) < 4.78 is 10.5. The standard InChI is InChI=1S/C15H13NO3S/c16-11-2-4-12(5-3-11)20-8-13(17)10-1-6-14-15(7-10)19-9-18-14/h1-7H,8-9,16H2. The zero-order valence-corrected chi connectivity index (χ0v) is 11.5. The summed E-state index contributed by atoms with van der Waals surface area (Å²) in [5.41, 5.74) is 6.98. The van der Waals surface area contributed by atoms with Crippen LogP contribution in [0.25, 0.3) is 0 Å². The fourth-order valence-electron chi connectivity index (χ4n) is 1.87. The number of rotatable bonds is 4. The van der Waals surface area contributed by atoms with Crippen LogP contribution in [0.1, 0.15) is 10.4 Å². The highest BCUT2D eigenvalue weighted by Crippen LogP contribution is 2.33. The molecular weight excluding hydrogens is 274 g/mol. The van der Waals surface area contributed by atoms with Crippen molar-refractivity contribution in [1.29, 1.82) is 0 Å². The Kier molecular flexibility index (Phi) is 3.52. The van der Waals surface area contributed by atoms with Crippen LogP contribution < -0.4 is 15.2 Å². The second-order valence-electron chi connectivity index (χ2n) is 4.35. The normalized spacial score (nSPS) is 12.4. The average molecular weight is 287 g/mol. The molecule has 0 atom stereocenters. The van der Waals surface area contributed by atoms with E-state index in [-0.39, 0.29) is 12.6 Å². The minimum atomic E-state index is 0.0603. The van der Waals surface area contributed by atoms with Crippen molar-refractivity contribution in [2.24, 2.45) is 0 Å². The summed E-state index contributed by atoms with van der Waals surface area (Å²) in [6.07, 6.45) is 0. The molecule has 0 unspecified atom stereocenters. The second kappa shape index (κ2) is 5.46. The third-order valence-corrected chi connectivity index (χ3v) is 3.96. The molecule has 0 radical (unpaired) electrons. The highest BCUT2D eigenvalue weighted by molar-refractivity contribution is 8.00. The topological polar surface area (TPSA) is 61.6 Å².